The number of methoxy groups -OCH3 is 2. The van der Waals surface area contributed by atoms with Crippen molar-refractivity contribution in [3.63, 3.8) is 0 Å². The molecule has 3 aromatic rings. The Bertz CT molecular complexity index is 940. The number of hydrogen-bond donors (Lipinski definition) is 0. The van der Waals surface area contributed by atoms with Gasteiger partial charge in [-0.3, -0.25) is 9.69 Å². The summed E-state index contributed by atoms with van der Waals surface area (Å²) in [5.74, 6) is 1.83. The van der Waals surface area contributed by atoms with Crippen LogP contribution in [0.3, 0.4) is 0 Å². The molecule has 0 aliphatic carbocycles. The summed E-state index contributed by atoms with van der Waals surface area (Å²) in [4.78, 5) is 14.5. The summed E-state index contributed by atoms with van der Waals surface area (Å²) in [5, 5.41) is 9.78. The first kappa shape index (κ1) is 21.6. The Morgan fingerprint density at radius 1 is 1.00 bits per heavy atom. The molecule has 0 fully saturated rings. The fraction of sp³-hybridized carbons (Fsp3) is 0.318. The van der Waals surface area contributed by atoms with E-state index in [1.807, 2.05) is 42.5 Å². The first-order valence-corrected chi connectivity index (χ1v) is 10.5. The van der Waals surface area contributed by atoms with E-state index in [0.717, 1.165) is 18.4 Å². The zero-order chi connectivity index (χ0) is 21.3. The molecule has 0 N–H and O–H groups in total. The van der Waals surface area contributed by atoms with Crippen molar-refractivity contribution in [3.8, 4) is 27.8 Å². The molecular formula is C22H25N3O4S. The van der Waals surface area contributed by atoms with Crippen LogP contribution in [0, 0.1) is 0 Å². The molecule has 0 radical (unpaired) electrons. The highest BCUT2D eigenvalue weighted by atomic mass is 32.1. The van der Waals surface area contributed by atoms with E-state index in [9.17, 15) is 4.79 Å². The Morgan fingerprint density at radius 2 is 1.70 bits per heavy atom. The summed E-state index contributed by atoms with van der Waals surface area (Å²) in [6, 6.07) is 14.8. The van der Waals surface area contributed by atoms with Crippen molar-refractivity contribution in [2.24, 2.45) is 0 Å². The summed E-state index contributed by atoms with van der Waals surface area (Å²) in [6.07, 6.45) is 1.82. The third-order valence-electron chi connectivity index (χ3n) is 4.39. The highest BCUT2D eigenvalue weighted by Crippen LogP contribution is 2.34. The molecule has 2 aromatic carbocycles. The number of carbonyl (C=O) groups excluding carboxylic acids is 1. The van der Waals surface area contributed by atoms with Crippen molar-refractivity contribution in [3.05, 3.63) is 48.5 Å². The lowest BCUT2D eigenvalue weighted by Gasteiger charge is -2.19. The van der Waals surface area contributed by atoms with Gasteiger partial charge in [0.1, 0.15) is 22.3 Å². The number of ether oxygens (including phenoxy) is 3. The molecule has 0 aliphatic rings. The van der Waals surface area contributed by atoms with Gasteiger partial charge in [-0.1, -0.05) is 42.9 Å². The van der Waals surface area contributed by atoms with Gasteiger partial charge in [-0.2, -0.15) is 0 Å². The number of rotatable bonds is 10. The van der Waals surface area contributed by atoms with Crippen molar-refractivity contribution < 1.29 is 19.0 Å². The van der Waals surface area contributed by atoms with Crippen molar-refractivity contribution in [1.29, 1.82) is 0 Å². The van der Waals surface area contributed by atoms with Gasteiger partial charge in [0, 0.05) is 18.2 Å². The monoisotopic (exact) mass is 427 g/mol. The molecule has 8 heteroatoms. The maximum atomic E-state index is 12.9. The van der Waals surface area contributed by atoms with E-state index in [2.05, 4.69) is 17.1 Å². The minimum Gasteiger partial charge on any atom is -0.497 e. The molecule has 0 unspecified atom stereocenters. The molecule has 0 bridgehead atoms. The fourth-order valence-corrected chi connectivity index (χ4v) is 3.63. The quantitative estimate of drug-likeness (QED) is 0.476. The Hall–Kier alpha value is -3.13. The van der Waals surface area contributed by atoms with E-state index in [0.29, 0.717) is 33.9 Å². The van der Waals surface area contributed by atoms with Gasteiger partial charge in [-0.25, -0.2) is 0 Å². The predicted octanol–water partition coefficient (Wildman–Crippen LogP) is 4.43. The standard InChI is InChI=1S/C22H25N3O4S/c1-4-5-11-25(20(26)15-29-17-9-7-6-8-10-17)22-24-23-21(30-22)16-12-18(27-2)14-19(13-16)28-3/h6-10,12-14H,4-5,11,15H2,1-3H3. The third-order valence-corrected chi connectivity index (χ3v) is 5.38. The van der Waals surface area contributed by atoms with Gasteiger partial charge in [-0.05, 0) is 30.7 Å². The summed E-state index contributed by atoms with van der Waals surface area (Å²) in [7, 11) is 3.20. The average molecular weight is 428 g/mol. The average Bonchev–Trinajstić information content (AvgIpc) is 3.28. The molecular weight excluding hydrogens is 402 g/mol. The molecule has 0 saturated heterocycles. The number of amides is 1. The minimum atomic E-state index is -0.154. The molecule has 158 valence electrons. The van der Waals surface area contributed by atoms with Crippen LogP contribution in [0.25, 0.3) is 10.6 Å². The van der Waals surface area contributed by atoms with Crippen LogP contribution in [0.2, 0.25) is 0 Å². The number of anilines is 1. The Morgan fingerprint density at radius 3 is 2.33 bits per heavy atom. The van der Waals surface area contributed by atoms with Crippen molar-refractivity contribution in [2.45, 2.75) is 19.8 Å². The zero-order valence-electron chi connectivity index (χ0n) is 17.3. The molecule has 30 heavy (non-hydrogen) atoms. The molecule has 0 saturated carbocycles. The van der Waals surface area contributed by atoms with Crippen molar-refractivity contribution >= 4 is 22.4 Å². The van der Waals surface area contributed by atoms with E-state index >= 15 is 0 Å². The SMILES string of the molecule is CCCCN(C(=O)COc1ccccc1)c1nnc(-c2cc(OC)cc(OC)c2)s1. The summed E-state index contributed by atoms with van der Waals surface area (Å²) in [5.41, 5.74) is 0.818. The van der Waals surface area contributed by atoms with Crippen LogP contribution in [-0.4, -0.2) is 43.5 Å². The van der Waals surface area contributed by atoms with Crippen LogP contribution in [0.1, 0.15) is 19.8 Å². The topological polar surface area (TPSA) is 73.8 Å². The van der Waals surface area contributed by atoms with Gasteiger partial charge in [-0.15, -0.1) is 10.2 Å². The maximum absolute atomic E-state index is 12.9. The van der Waals surface area contributed by atoms with Crippen LogP contribution >= 0.6 is 11.3 Å². The van der Waals surface area contributed by atoms with Crippen LogP contribution in [0.4, 0.5) is 5.13 Å². The van der Waals surface area contributed by atoms with E-state index in [4.69, 9.17) is 14.2 Å². The van der Waals surface area contributed by atoms with E-state index in [1.54, 1.807) is 25.2 Å². The number of hydrogen-bond acceptors (Lipinski definition) is 7. The number of nitrogens with zero attached hydrogens (tertiary/aromatic N) is 3. The molecule has 0 spiro atoms. The lowest BCUT2D eigenvalue weighted by atomic mass is 10.2. The lowest BCUT2D eigenvalue weighted by Crippen LogP contribution is -2.35. The number of para-hydroxylation sites is 1. The fourth-order valence-electron chi connectivity index (χ4n) is 2.76. The first-order chi connectivity index (χ1) is 14.6. The predicted molar refractivity (Wildman–Crippen MR) is 118 cm³/mol. The second-order valence-corrected chi connectivity index (χ2v) is 7.45. The van der Waals surface area contributed by atoms with Crippen LogP contribution in [0.5, 0.6) is 17.2 Å². The van der Waals surface area contributed by atoms with E-state index in [1.165, 1.54) is 11.3 Å². The third kappa shape index (κ3) is 5.48. The van der Waals surface area contributed by atoms with Gasteiger partial charge >= 0.3 is 0 Å². The molecule has 1 heterocycles. The molecule has 1 amide bonds. The van der Waals surface area contributed by atoms with Crippen molar-refractivity contribution in [2.75, 3.05) is 32.3 Å². The number of benzene rings is 2. The Kier molecular flexibility index (Phi) is 7.62. The summed E-state index contributed by atoms with van der Waals surface area (Å²) < 4.78 is 16.3. The minimum absolute atomic E-state index is 0.0599. The van der Waals surface area contributed by atoms with Gasteiger partial charge in [0.25, 0.3) is 5.91 Å². The smallest absolute Gasteiger partial charge is 0.266 e. The van der Waals surface area contributed by atoms with Gasteiger partial charge in [0.15, 0.2) is 6.61 Å². The van der Waals surface area contributed by atoms with Gasteiger partial charge in [0.2, 0.25) is 5.13 Å². The molecule has 0 atom stereocenters. The highest BCUT2D eigenvalue weighted by molar-refractivity contribution is 7.18. The van der Waals surface area contributed by atoms with E-state index in [-0.39, 0.29) is 12.5 Å². The number of unbranched alkanes of at least 4 members (excludes halogenated alkanes) is 1. The van der Waals surface area contributed by atoms with Crippen LogP contribution in [0.15, 0.2) is 48.5 Å². The normalized spacial score (nSPS) is 10.5. The zero-order valence-corrected chi connectivity index (χ0v) is 18.1. The highest BCUT2D eigenvalue weighted by Gasteiger charge is 2.21. The number of carbonyl (C=O) groups is 1. The van der Waals surface area contributed by atoms with Crippen LogP contribution < -0.4 is 19.1 Å². The largest absolute Gasteiger partial charge is 0.497 e. The second-order valence-electron chi connectivity index (χ2n) is 6.49. The molecule has 0 aliphatic heterocycles. The van der Waals surface area contributed by atoms with Gasteiger partial charge in [0.05, 0.1) is 14.2 Å². The first-order valence-electron chi connectivity index (χ1n) is 9.69. The molecule has 1 aromatic heterocycles. The molecule has 3 rings (SSSR count). The Balaban J connectivity index is 1.80. The molecule has 7 nitrogen and oxygen atoms in total. The van der Waals surface area contributed by atoms with Crippen LogP contribution in [-0.2, 0) is 4.79 Å². The number of aromatic nitrogens is 2. The Labute approximate surface area is 180 Å². The second kappa shape index (κ2) is 10.6. The summed E-state index contributed by atoms with van der Waals surface area (Å²) in [6.45, 7) is 2.58. The maximum Gasteiger partial charge on any atom is 0.266 e. The lowest BCUT2D eigenvalue weighted by molar-refractivity contribution is -0.120. The van der Waals surface area contributed by atoms with Crippen molar-refractivity contribution in [1.82, 2.24) is 10.2 Å². The summed E-state index contributed by atoms with van der Waals surface area (Å²) >= 11 is 1.35. The van der Waals surface area contributed by atoms with Gasteiger partial charge < -0.3 is 14.2 Å². The van der Waals surface area contributed by atoms with E-state index < -0.39 is 0 Å².